The van der Waals surface area contributed by atoms with Crippen LogP contribution in [-0.2, 0) is 11.4 Å². The first-order valence-corrected chi connectivity index (χ1v) is 12.4. The molecule has 1 aromatic heterocycles. The zero-order valence-electron chi connectivity index (χ0n) is 17.7. The molecule has 0 atom stereocenters. The van der Waals surface area contributed by atoms with Crippen LogP contribution < -0.4 is 10.1 Å². The predicted molar refractivity (Wildman–Crippen MR) is 138 cm³/mol. The number of carbonyl (C=O) groups excluding carboxylic acids is 1. The van der Waals surface area contributed by atoms with Gasteiger partial charge in [0.1, 0.15) is 12.4 Å². The lowest BCUT2D eigenvalue weighted by Crippen LogP contribution is -2.13. The number of aromatic nitrogens is 3. The molecule has 0 bridgehead atoms. The van der Waals surface area contributed by atoms with Crippen LogP contribution in [0.4, 0.5) is 5.69 Å². The van der Waals surface area contributed by atoms with Crippen molar-refractivity contribution in [2.75, 3.05) is 11.1 Å². The normalized spacial score (nSPS) is 10.8. The van der Waals surface area contributed by atoms with Gasteiger partial charge in [-0.1, -0.05) is 64.8 Å². The second-order valence-electron chi connectivity index (χ2n) is 7.08. The van der Waals surface area contributed by atoms with Crippen LogP contribution in [0.15, 0.2) is 78.0 Å². The molecule has 6 nitrogen and oxygen atoms in total. The average molecular weight is 534 g/mol. The van der Waals surface area contributed by atoms with Crippen molar-refractivity contribution >= 4 is 58.2 Å². The van der Waals surface area contributed by atoms with Crippen LogP contribution in [-0.4, -0.2) is 26.4 Å². The van der Waals surface area contributed by atoms with Crippen molar-refractivity contribution in [3.05, 3.63) is 93.7 Å². The summed E-state index contributed by atoms with van der Waals surface area (Å²) in [6.07, 6.45) is 0.266. The third kappa shape index (κ3) is 6.45. The summed E-state index contributed by atoms with van der Waals surface area (Å²) in [5.41, 5.74) is 1.43. The highest BCUT2D eigenvalue weighted by Gasteiger charge is 2.16. The summed E-state index contributed by atoms with van der Waals surface area (Å²) in [5, 5.41) is 13.7. The number of rotatable bonds is 9. The smallest absolute Gasteiger partial charge is 0.225 e. The van der Waals surface area contributed by atoms with Crippen LogP contribution in [0, 0.1) is 0 Å². The van der Waals surface area contributed by atoms with Crippen molar-refractivity contribution in [1.29, 1.82) is 0 Å². The maximum absolute atomic E-state index is 12.4. The van der Waals surface area contributed by atoms with Crippen molar-refractivity contribution in [1.82, 2.24) is 14.8 Å². The Morgan fingerprint density at radius 2 is 1.68 bits per heavy atom. The average Bonchev–Trinajstić information content (AvgIpc) is 3.24. The minimum atomic E-state index is -0.159. The number of ether oxygens (including phenoxy) is 1. The molecule has 1 amide bonds. The Hall–Kier alpha value is -2.71. The molecule has 0 aliphatic heterocycles. The molecular weight excluding hydrogens is 515 g/mol. The van der Waals surface area contributed by atoms with Crippen LogP contribution in [0.25, 0.3) is 5.69 Å². The number of nitrogens with zero attached hydrogens (tertiary/aromatic N) is 3. The summed E-state index contributed by atoms with van der Waals surface area (Å²) >= 11 is 19.4. The monoisotopic (exact) mass is 532 g/mol. The highest BCUT2D eigenvalue weighted by molar-refractivity contribution is 7.99. The molecule has 0 fully saturated rings. The minimum absolute atomic E-state index is 0.159. The second-order valence-corrected chi connectivity index (χ2v) is 9.43. The van der Waals surface area contributed by atoms with Gasteiger partial charge >= 0.3 is 0 Å². The molecule has 174 valence electrons. The molecule has 1 heterocycles. The fraction of sp³-hybridized carbons (Fsp3) is 0.125. The Bertz CT molecular complexity index is 1270. The quantitative estimate of drug-likeness (QED) is 0.236. The number of halogens is 3. The maximum atomic E-state index is 12.4. The van der Waals surface area contributed by atoms with Gasteiger partial charge in [0.25, 0.3) is 0 Å². The minimum Gasteiger partial charge on any atom is -0.486 e. The number of amides is 1. The number of thioether (sulfide) groups is 1. The van der Waals surface area contributed by atoms with Crippen molar-refractivity contribution in [2.45, 2.75) is 18.2 Å². The second kappa shape index (κ2) is 11.6. The van der Waals surface area contributed by atoms with E-state index >= 15 is 0 Å². The predicted octanol–water partition coefficient (Wildman–Crippen LogP) is 6.93. The van der Waals surface area contributed by atoms with Gasteiger partial charge in [-0.25, -0.2) is 0 Å². The van der Waals surface area contributed by atoms with Gasteiger partial charge < -0.3 is 10.1 Å². The zero-order chi connectivity index (χ0) is 23.9. The highest BCUT2D eigenvalue weighted by atomic mass is 35.5. The number of hydrogen-bond donors (Lipinski definition) is 1. The molecule has 0 aliphatic rings. The molecule has 3 aromatic carbocycles. The Balaban J connectivity index is 1.42. The van der Waals surface area contributed by atoms with Gasteiger partial charge in [0.15, 0.2) is 11.0 Å². The van der Waals surface area contributed by atoms with Gasteiger partial charge in [-0.05, 0) is 54.6 Å². The first kappa shape index (κ1) is 24.4. The Kier molecular flexibility index (Phi) is 8.34. The number of benzene rings is 3. The van der Waals surface area contributed by atoms with Gasteiger partial charge in [-0.2, -0.15) is 0 Å². The third-order valence-electron chi connectivity index (χ3n) is 4.66. The van der Waals surface area contributed by atoms with Gasteiger partial charge in [-0.3, -0.25) is 9.36 Å². The van der Waals surface area contributed by atoms with E-state index in [-0.39, 0.29) is 18.9 Å². The SMILES string of the molecule is O=C(CCSc1nnc(COc2ccc(Cl)cc2)n1-c1ccccc1)Nc1ccc(Cl)cc1Cl. The first-order chi connectivity index (χ1) is 16.5. The van der Waals surface area contributed by atoms with E-state index in [2.05, 4.69) is 15.5 Å². The van der Waals surface area contributed by atoms with Gasteiger partial charge in [0.2, 0.25) is 5.91 Å². The standard InChI is InChI=1S/C24H19Cl3N4O2S/c25-16-6-9-19(10-7-16)33-15-22-29-30-24(31(22)18-4-2-1-3-5-18)34-13-12-23(32)28-21-11-8-17(26)14-20(21)27/h1-11,14H,12-13,15H2,(H,28,32). The summed E-state index contributed by atoms with van der Waals surface area (Å²) < 4.78 is 7.80. The van der Waals surface area contributed by atoms with Crippen LogP contribution in [0.5, 0.6) is 5.75 Å². The van der Waals surface area contributed by atoms with E-state index < -0.39 is 0 Å². The molecule has 34 heavy (non-hydrogen) atoms. The lowest BCUT2D eigenvalue weighted by Gasteiger charge is -2.11. The lowest BCUT2D eigenvalue weighted by molar-refractivity contribution is -0.115. The molecule has 0 unspecified atom stereocenters. The maximum Gasteiger partial charge on any atom is 0.225 e. The van der Waals surface area contributed by atoms with E-state index in [0.29, 0.717) is 43.2 Å². The van der Waals surface area contributed by atoms with E-state index in [1.807, 2.05) is 34.9 Å². The summed E-state index contributed by atoms with van der Waals surface area (Å²) in [4.78, 5) is 12.4. The number of nitrogens with one attached hydrogen (secondary N) is 1. The number of anilines is 1. The van der Waals surface area contributed by atoms with Crippen LogP contribution in [0.1, 0.15) is 12.2 Å². The topological polar surface area (TPSA) is 69.0 Å². The number of hydrogen-bond acceptors (Lipinski definition) is 5. The van der Waals surface area contributed by atoms with Gasteiger partial charge in [0.05, 0.1) is 10.7 Å². The van der Waals surface area contributed by atoms with Crippen molar-refractivity contribution in [3.63, 3.8) is 0 Å². The molecular formula is C24H19Cl3N4O2S. The zero-order valence-corrected chi connectivity index (χ0v) is 20.8. The van der Waals surface area contributed by atoms with E-state index in [1.54, 1.807) is 42.5 Å². The fourth-order valence-corrected chi connectivity index (χ4v) is 4.53. The van der Waals surface area contributed by atoms with Crippen LogP contribution in [0.3, 0.4) is 0 Å². The van der Waals surface area contributed by atoms with Crippen LogP contribution in [0.2, 0.25) is 15.1 Å². The summed E-state index contributed by atoms with van der Waals surface area (Å²) in [7, 11) is 0. The highest BCUT2D eigenvalue weighted by Crippen LogP contribution is 2.27. The molecule has 4 aromatic rings. The van der Waals surface area contributed by atoms with Crippen molar-refractivity contribution in [3.8, 4) is 11.4 Å². The van der Waals surface area contributed by atoms with Gasteiger partial charge in [0, 0.05) is 27.9 Å². The molecule has 4 rings (SSSR count). The molecule has 0 spiro atoms. The molecule has 0 saturated heterocycles. The number of carbonyl (C=O) groups is 1. The Labute approximate surface area is 216 Å². The summed E-state index contributed by atoms with van der Waals surface area (Å²) in [6.45, 7) is 0.222. The van der Waals surface area contributed by atoms with E-state index in [4.69, 9.17) is 39.5 Å². The summed E-state index contributed by atoms with van der Waals surface area (Å²) in [6, 6.07) is 21.8. The largest absolute Gasteiger partial charge is 0.486 e. The van der Waals surface area contributed by atoms with Gasteiger partial charge in [-0.15, -0.1) is 10.2 Å². The molecule has 0 aliphatic carbocycles. The van der Waals surface area contributed by atoms with E-state index in [1.165, 1.54) is 11.8 Å². The lowest BCUT2D eigenvalue weighted by atomic mass is 10.3. The van der Waals surface area contributed by atoms with Crippen LogP contribution >= 0.6 is 46.6 Å². The van der Waals surface area contributed by atoms with E-state index in [9.17, 15) is 4.79 Å². The summed E-state index contributed by atoms with van der Waals surface area (Å²) in [5.74, 6) is 1.66. The Morgan fingerprint density at radius 3 is 2.41 bits per heavy atom. The van der Waals surface area contributed by atoms with E-state index in [0.717, 1.165) is 5.69 Å². The Morgan fingerprint density at radius 1 is 0.941 bits per heavy atom. The number of para-hydroxylation sites is 1. The van der Waals surface area contributed by atoms with Crippen molar-refractivity contribution in [2.24, 2.45) is 0 Å². The molecule has 0 radical (unpaired) electrons. The molecule has 10 heteroatoms. The molecule has 1 N–H and O–H groups in total. The third-order valence-corrected chi connectivity index (χ3v) is 6.39. The molecule has 0 saturated carbocycles. The fourth-order valence-electron chi connectivity index (χ4n) is 3.04. The first-order valence-electron chi connectivity index (χ1n) is 10.3. The van der Waals surface area contributed by atoms with Crippen molar-refractivity contribution < 1.29 is 9.53 Å².